The number of hydrogen-bond acceptors (Lipinski definition) is 4. The second-order valence-electron chi connectivity index (χ2n) is 3.91. The van der Waals surface area contributed by atoms with Crippen LogP contribution in [-0.4, -0.2) is 9.97 Å². The first-order chi connectivity index (χ1) is 8.81. The third-order valence-electron chi connectivity index (χ3n) is 2.50. The fourth-order valence-electron chi connectivity index (χ4n) is 1.68. The molecule has 1 aliphatic heterocycles. The molecule has 0 saturated carbocycles. The minimum absolute atomic E-state index is 0.284. The van der Waals surface area contributed by atoms with Crippen LogP contribution in [0, 0.1) is 6.92 Å². The van der Waals surface area contributed by atoms with Gasteiger partial charge in [0.05, 0.1) is 5.69 Å². The number of hydrogen-bond donors (Lipinski definition) is 2. The highest BCUT2D eigenvalue weighted by Crippen LogP contribution is 2.42. The molecular formula is C13H13N3S2. The Balaban J connectivity index is 1.82. The average Bonchev–Trinajstić information content (AvgIpc) is 3.01. The normalized spacial score (nSPS) is 15.3. The molecule has 0 bridgehead atoms. The number of pyridine rings is 1. The Bertz CT molecular complexity index is 604. The van der Waals surface area contributed by atoms with E-state index in [1.807, 2.05) is 18.5 Å². The van der Waals surface area contributed by atoms with E-state index in [9.17, 15) is 0 Å². The fraction of sp³-hybridized carbons (Fsp3) is 0.0769. The predicted molar refractivity (Wildman–Crippen MR) is 79.9 cm³/mol. The van der Waals surface area contributed by atoms with Crippen molar-refractivity contribution in [3.05, 3.63) is 52.4 Å². The van der Waals surface area contributed by atoms with Crippen molar-refractivity contribution >= 4 is 33.2 Å². The first-order valence-corrected chi connectivity index (χ1v) is 7.96. The van der Waals surface area contributed by atoms with Gasteiger partial charge < -0.3 is 5.32 Å². The van der Waals surface area contributed by atoms with Crippen LogP contribution in [0.4, 0.5) is 10.9 Å². The standard InChI is InChI=1S/C13H13N3S2/c1-10-9-17-13(15-10)16-12-8-11(4-5-14-12)18-6-2-3-7-18/h2-9,18H,1H3,(H,14,15,16). The Morgan fingerprint density at radius 2 is 2.11 bits per heavy atom. The van der Waals surface area contributed by atoms with Gasteiger partial charge in [0.15, 0.2) is 5.13 Å². The summed E-state index contributed by atoms with van der Waals surface area (Å²) in [6, 6.07) is 4.17. The summed E-state index contributed by atoms with van der Waals surface area (Å²) >= 11 is 1.60. The molecule has 92 valence electrons. The summed E-state index contributed by atoms with van der Waals surface area (Å²) in [6.07, 6.45) is 6.05. The Morgan fingerprint density at radius 3 is 2.83 bits per heavy atom. The number of allylic oxidation sites excluding steroid dienone is 2. The molecule has 0 atom stereocenters. The van der Waals surface area contributed by atoms with Crippen LogP contribution < -0.4 is 5.32 Å². The number of aryl methyl sites for hydroxylation is 1. The molecule has 0 aromatic carbocycles. The number of thiol groups is 1. The Morgan fingerprint density at radius 1 is 1.28 bits per heavy atom. The molecule has 0 aliphatic carbocycles. The number of nitrogens with one attached hydrogen (secondary N) is 1. The minimum atomic E-state index is -0.284. The van der Waals surface area contributed by atoms with Crippen LogP contribution in [0.25, 0.3) is 0 Å². The molecule has 3 nitrogen and oxygen atoms in total. The lowest BCUT2D eigenvalue weighted by molar-refractivity contribution is 1.22. The van der Waals surface area contributed by atoms with Crippen LogP contribution >= 0.6 is 22.2 Å². The van der Waals surface area contributed by atoms with Crippen LogP contribution in [0.15, 0.2) is 51.6 Å². The molecule has 0 fully saturated rings. The van der Waals surface area contributed by atoms with E-state index in [1.54, 1.807) is 11.3 Å². The van der Waals surface area contributed by atoms with Crippen molar-refractivity contribution in [3.63, 3.8) is 0 Å². The number of rotatable bonds is 3. The van der Waals surface area contributed by atoms with Gasteiger partial charge in [-0.1, -0.05) is 12.2 Å². The van der Waals surface area contributed by atoms with E-state index >= 15 is 0 Å². The summed E-state index contributed by atoms with van der Waals surface area (Å²) < 4.78 is 0. The van der Waals surface area contributed by atoms with Gasteiger partial charge in [-0.05, 0) is 34.8 Å². The zero-order valence-electron chi connectivity index (χ0n) is 9.87. The van der Waals surface area contributed by atoms with E-state index in [-0.39, 0.29) is 10.9 Å². The summed E-state index contributed by atoms with van der Waals surface area (Å²) in [5.74, 6) is 0.859. The monoisotopic (exact) mass is 275 g/mol. The predicted octanol–water partition coefficient (Wildman–Crippen LogP) is 3.99. The highest BCUT2D eigenvalue weighted by molar-refractivity contribution is 8.22. The molecule has 1 aliphatic rings. The van der Waals surface area contributed by atoms with Gasteiger partial charge in [0.25, 0.3) is 0 Å². The molecule has 18 heavy (non-hydrogen) atoms. The lowest BCUT2D eigenvalue weighted by Gasteiger charge is -2.11. The van der Waals surface area contributed by atoms with Crippen molar-refractivity contribution in [3.8, 4) is 0 Å². The van der Waals surface area contributed by atoms with E-state index in [2.05, 4.69) is 50.4 Å². The number of aromatic nitrogens is 2. The van der Waals surface area contributed by atoms with Gasteiger partial charge in [-0.25, -0.2) is 9.97 Å². The van der Waals surface area contributed by atoms with Crippen molar-refractivity contribution in [1.82, 2.24) is 9.97 Å². The zero-order valence-corrected chi connectivity index (χ0v) is 11.6. The molecule has 0 radical (unpaired) electrons. The molecule has 2 aromatic heterocycles. The Labute approximate surface area is 113 Å². The fourth-order valence-corrected chi connectivity index (χ4v) is 3.89. The van der Waals surface area contributed by atoms with Crippen LogP contribution in [0.5, 0.6) is 0 Å². The molecule has 0 saturated heterocycles. The van der Waals surface area contributed by atoms with E-state index in [4.69, 9.17) is 0 Å². The zero-order chi connectivity index (χ0) is 12.4. The third kappa shape index (κ3) is 2.47. The summed E-state index contributed by atoms with van der Waals surface area (Å²) in [5.41, 5.74) is 1.03. The van der Waals surface area contributed by atoms with E-state index < -0.39 is 0 Å². The Kier molecular flexibility index (Phi) is 3.17. The van der Waals surface area contributed by atoms with E-state index in [1.165, 1.54) is 4.90 Å². The van der Waals surface area contributed by atoms with Gasteiger partial charge in [-0.3, -0.25) is 0 Å². The van der Waals surface area contributed by atoms with Gasteiger partial charge >= 0.3 is 0 Å². The van der Waals surface area contributed by atoms with Gasteiger partial charge in [-0.2, -0.15) is 10.9 Å². The summed E-state index contributed by atoms with van der Waals surface area (Å²) in [6.45, 7) is 1.99. The van der Waals surface area contributed by atoms with Crippen LogP contribution in [-0.2, 0) is 0 Å². The molecule has 5 heteroatoms. The molecule has 0 amide bonds. The molecule has 0 unspecified atom stereocenters. The molecule has 2 aromatic rings. The summed E-state index contributed by atoms with van der Waals surface area (Å²) in [7, 11) is -0.284. The number of thiazole rings is 1. The third-order valence-corrected chi connectivity index (χ3v) is 5.24. The highest BCUT2D eigenvalue weighted by atomic mass is 32.2. The van der Waals surface area contributed by atoms with Crippen LogP contribution in [0.2, 0.25) is 0 Å². The highest BCUT2D eigenvalue weighted by Gasteiger charge is 2.06. The first kappa shape index (κ1) is 11.5. The van der Waals surface area contributed by atoms with Crippen LogP contribution in [0.3, 0.4) is 0 Å². The lowest BCUT2D eigenvalue weighted by Crippen LogP contribution is -1.93. The van der Waals surface area contributed by atoms with Crippen molar-refractivity contribution in [2.24, 2.45) is 0 Å². The SMILES string of the molecule is Cc1csc(Nc2cc([SH]3C=CC=C3)ccn2)n1. The van der Waals surface area contributed by atoms with Gasteiger partial charge in [0.1, 0.15) is 5.82 Å². The van der Waals surface area contributed by atoms with Gasteiger partial charge in [-0.15, -0.1) is 11.3 Å². The molecule has 0 spiro atoms. The summed E-state index contributed by atoms with van der Waals surface area (Å²) in [5, 5.41) is 10.6. The minimum Gasteiger partial charge on any atom is -0.316 e. The average molecular weight is 275 g/mol. The first-order valence-electron chi connectivity index (χ1n) is 5.60. The van der Waals surface area contributed by atoms with Gasteiger partial charge in [0.2, 0.25) is 0 Å². The second kappa shape index (κ2) is 4.96. The van der Waals surface area contributed by atoms with E-state index in [0.29, 0.717) is 0 Å². The number of anilines is 2. The topological polar surface area (TPSA) is 37.8 Å². The van der Waals surface area contributed by atoms with Crippen molar-refractivity contribution < 1.29 is 0 Å². The maximum Gasteiger partial charge on any atom is 0.188 e. The van der Waals surface area contributed by atoms with Crippen molar-refractivity contribution in [2.75, 3.05) is 5.32 Å². The largest absolute Gasteiger partial charge is 0.316 e. The molecule has 3 rings (SSSR count). The van der Waals surface area contributed by atoms with Gasteiger partial charge in [0, 0.05) is 11.6 Å². The van der Waals surface area contributed by atoms with E-state index in [0.717, 1.165) is 16.6 Å². The maximum absolute atomic E-state index is 4.38. The van der Waals surface area contributed by atoms with Crippen molar-refractivity contribution in [1.29, 1.82) is 0 Å². The second-order valence-corrected chi connectivity index (χ2v) is 6.69. The summed E-state index contributed by atoms with van der Waals surface area (Å²) in [4.78, 5) is 10.0. The smallest absolute Gasteiger partial charge is 0.188 e. The Hall–Kier alpha value is -1.59. The number of nitrogens with zero attached hydrogens (tertiary/aromatic N) is 2. The maximum atomic E-state index is 4.38. The quantitative estimate of drug-likeness (QED) is 0.832. The molecule has 1 N–H and O–H groups in total. The molecular weight excluding hydrogens is 262 g/mol. The molecule has 3 heterocycles. The van der Waals surface area contributed by atoms with Crippen molar-refractivity contribution in [2.45, 2.75) is 11.8 Å². The lowest BCUT2D eigenvalue weighted by atomic mass is 10.4. The van der Waals surface area contributed by atoms with Crippen LogP contribution in [0.1, 0.15) is 5.69 Å².